The van der Waals surface area contributed by atoms with Crippen molar-refractivity contribution < 1.29 is 19.1 Å². The van der Waals surface area contributed by atoms with Gasteiger partial charge in [0, 0.05) is 36.9 Å². The highest BCUT2D eigenvalue weighted by Crippen LogP contribution is 2.25. The normalized spacial score (nSPS) is 26.0. The summed E-state index contributed by atoms with van der Waals surface area (Å²) in [6, 6.07) is 0. The van der Waals surface area contributed by atoms with Gasteiger partial charge in [-0.1, -0.05) is 27.7 Å². The Morgan fingerprint density at radius 3 is 2.15 bits per heavy atom. The molecule has 0 aliphatic carbocycles. The number of hydrogen-bond acceptors (Lipinski definition) is 4. The number of ketones is 2. The second kappa shape index (κ2) is 7.32. The third-order valence-electron chi connectivity index (χ3n) is 4.01. The molecule has 0 spiro atoms. The number of rotatable bonds is 0. The van der Waals surface area contributed by atoms with Gasteiger partial charge in [0.25, 0.3) is 0 Å². The fraction of sp³-hybridized carbons (Fsp3) is 0.875. The van der Waals surface area contributed by atoms with Crippen LogP contribution in [0.5, 0.6) is 0 Å². The molecule has 0 amide bonds. The van der Waals surface area contributed by atoms with Crippen molar-refractivity contribution in [1.82, 2.24) is 0 Å². The lowest BCUT2D eigenvalue weighted by Crippen LogP contribution is -2.26. The first-order chi connectivity index (χ1) is 9.26. The van der Waals surface area contributed by atoms with Gasteiger partial charge < -0.3 is 9.47 Å². The lowest BCUT2D eigenvalue weighted by molar-refractivity contribution is -0.128. The van der Waals surface area contributed by atoms with Crippen LogP contribution in [0.25, 0.3) is 0 Å². The van der Waals surface area contributed by atoms with E-state index in [1.807, 2.05) is 27.7 Å². The van der Waals surface area contributed by atoms with E-state index < -0.39 is 0 Å². The van der Waals surface area contributed by atoms with E-state index in [9.17, 15) is 9.59 Å². The zero-order valence-electron chi connectivity index (χ0n) is 13.3. The predicted molar refractivity (Wildman–Crippen MR) is 77.7 cm³/mol. The van der Waals surface area contributed by atoms with E-state index in [-0.39, 0.29) is 10.8 Å². The molecule has 2 aliphatic rings. The van der Waals surface area contributed by atoms with Crippen LogP contribution in [-0.4, -0.2) is 38.0 Å². The smallest absolute Gasteiger partial charge is 0.140 e. The Morgan fingerprint density at radius 2 is 1.45 bits per heavy atom. The third-order valence-corrected chi connectivity index (χ3v) is 4.01. The van der Waals surface area contributed by atoms with E-state index in [1.54, 1.807) is 0 Å². The minimum atomic E-state index is -0.240. The number of ether oxygens (including phenoxy) is 2. The maximum atomic E-state index is 11.3. The standard InChI is InChI=1S/2C8H14O2/c1-8(2)4-6-10-5-3-7(8)9;1-8(2)6-10-5-3-4-7(8)9/h2*3-6H2,1-2H3. The van der Waals surface area contributed by atoms with Crippen LogP contribution in [-0.2, 0) is 19.1 Å². The first-order valence-corrected chi connectivity index (χ1v) is 7.48. The van der Waals surface area contributed by atoms with Gasteiger partial charge in [-0.2, -0.15) is 0 Å². The van der Waals surface area contributed by atoms with Gasteiger partial charge in [-0.25, -0.2) is 0 Å². The van der Waals surface area contributed by atoms with Gasteiger partial charge in [0.1, 0.15) is 11.6 Å². The topological polar surface area (TPSA) is 52.6 Å². The van der Waals surface area contributed by atoms with Crippen LogP contribution in [0.2, 0.25) is 0 Å². The molecule has 2 fully saturated rings. The van der Waals surface area contributed by atoms with Crippen LogP contribution >= 0.6 is 0 Å². The van der Waals surface area contributed by atoms with E-state index in [2.05, 4.69) is 0 Å². The molecular formula is C16H28O4. The minimum absolute atomic E-state index is 0.142. The summed E-state index contributed by atoms with van der Waals surface area (Å²) in [5.41, 5.74) is -0.382. The van der Waals surface area contributed by atoms with Crippen LogP contribution in [0, 0.1) is 10.8 Å². The van der Waals surface area contributed by atoms with E-state index in [1.165, 1.54) is 0 Å². The summed E-state index contributed by atoms with van der Waals surface area (Å²) in [7, 11) is 0. The fourth-order valence-electron chi connectivity index (χ4n) is 2.15. The van der Waals surface area contributed by atoms with Gasteiger partial charge in [-0.3, -0.25) is 9.59 Å². The monoisotopic (exact) mass is 284 g/mol. The number of carbonyl (C=O) groups is 2. The molecule has 0 N–H and O–H groups in total. The van der Waals surface area contributed by atoms with Gasteiger partial charge in [-0.15, -0.1) is 0 Å². The van der Waals surface area contributed by atoms with Crippen LogP contribution in [0.1, 0.15) is 53.4 Å². The van der Waals surface area contributed by atoms with E-state index >= 15 is 0 Å². The van der Waals surface area contributed by atoms with Crippen molar-refractivity contribution in [1.29, 1.82) is 0 Å². The number of carbonyl (C=O) groups excluding carboxylic acids is 2. The summed E-state index contributed by atoms with van der Waals surface area (Å²) in [6.45, 7) is 10.6. The van der Waals surface area contributed by atoms with Gasteiger partial charge >= 0.3 is 0 Å². The average Bonchev–Trinajstić information content (AvgIpc) is 2.60. The molecule has 4 nitrogen and oxygen atoms in total. The molecule has 0 atom stereocenters. The average molecular weight is 284 g/mol. The summed E-state index contributed by atoms with van der Waals surface area (Å²) in [5.74, 6) is 0.676. The van der Waals surface area contributed by atoms with Crippen molar-refractivity contribution in [3.8, 4) is 0 Å². The number of Topliss-reactive ketones (excluding diaryl/α,β-unsaturated/α-hetero) is 2. The van der Waals surface area contributed by atoms with Crippen LogP contribution in [0.15, 0.2) is 0 Å². The zero-order chi connectivity index (χ0) is 15.2. The maximum Gasteiger partial charge on any atom is 0.140 e. The van der Waals surface area contributed by atoms with Gasteiger partial charge in [0.05, 0.1) is 13.2 Å². The highest BCUT2D eigenvalue weighted by atomic mass is 16.5. The molecule has 0 aromatic heterocycles. The van der Waals surface area contributed by atoms with Crippen molar-refractivity contribution in [3.05, 3.63) is 0 Å². The predicted octanol–water partition coefficient (Wildman–Crippen LogP) is 2.78. The lowest BCUT2D eigenvalue weighted by Gasteiger charge is -2.18. The van der Waals surface area contributed by atoms with Crippen molar-refractivity contribution >= 4 is 11.6 Å². The van der Waals surface area contributed by atoms with Gasteiger partial charge in [0.15, 0.2) is 0 Å². The van der Waals surface area contributed by atoms with E-state index in [4.69, 9.17) is 9.47 Å². The Labute approximate surface area is 122 Å². The van der Waals surface area contributed by atoms with Crippen LogP contribution < -0.4 is 0 Å². The molecule has 0 aromatic rings. The lowest BCUT2D eigenvalue weighted by atomic mass is 9.84. The van der Waals surface area contributed by atoms with Crippen molar-refractivity contribution in [2.45, 2.75) is 53.4 Å². The van der Waals surface area contributed by atoms with Crippen molar-refractivity contribution in [3.63, 3.8) is 0 Å². The Hall–Kier alpha value is -0.740. The Bertz CT molecular complexity index is 310. The molecule has 116 valence electrons. The molecule has 0 saturated carbocycles. The SMILES string of the molecule is CC1(C)CCOCCC1=O.CC1(C)COCCCC1=O. The van der Waals surface area contributed by atoms with E-state index in [0.717, 1.165) is 26.1 Å². The molecule has 20 heavy (non-hydrogen) atoms. The van der Waals surface area contributed by atoms with Gasteiger partial charge in [-0.05, 0) is 12.8 Å². The molecular weight excluding hydrogens is 256 g/mol. The third kappa shape index (κ3) is 5.33. The molecule has 0 radical (unpaired) electrons. The summed E-state index contributed by atoms with van der Waals surface area (Å²) >= 11 is 0. The Balaban J connectivity index is 0.000000200. The Morgan fingerprint density at radius 1 is 0.800 bits per heavy atom. The summed E-state index contributed by atoms with van der Waals surface area (Å²) < 4.78 is 10.4. The molecule has 0 aromatic carbocycles. The zero-order valence-corrected chi connectivity index (χ0v) is 13.3. The molecule has 0 bridgehead atoms. The van der Waals surface area contributed by atoms with E-state index in [0.29, 0.717) is 37.6 Å². The molecule has 2 rings (SSSR count). The van der Waals surface area contributed by atoms with Crippen LogP contribution in [0.3, 0.4) is 0 Å². The highest BCUT2D eigenvalue weighted by Gasteiger charge is 2.29. The van der Waals surface area contributed by atoms with Crippen molar-refractivity contribution in [2.24, 2.45) is 10.8 Å². The molecule has 2 aliphatic heterocycles. The summed E-state index contributed by atoms with van der Waals surface area (Å²) in [4.78, 5) is 22.5. The molecule has 2 saturated heterocycles. The first kappa shape index (κ1) is 17.3. The summed E-state index contributed by atoms with van der Waals surface area (Å²) in [5, 5.41) is 0. The molecule has 2 heterocycles. The molecule has 0 unspecified atom stereocenters. The first-order valence-electron chi connectivity index (χ1n) is 7.48. The fourth-order valence-corrected chi connectivity index (χ4v) is 2.15. The highest BCUT2D eigenvalue weighted by molar-refractivity contribution is 5.84. The Kier molecular flexibility index (Phi) is 6.34. The largest absolute Gasteiger partial charge is 0.381 e. The van der Waals surface area contributed by atoms with Crippen molar-refractivity contribution in [2.75, 3.05) is 26.4 Å². The van der Waals surface area contributed by atoms with Gasteiger partial charge in [0.2, 0.25) is 0 Å². The second-order valence-corrected chi connectivity index (χ2v) is 6.88. The quantitative estimate of drug-likeness (QED) is 0.686. The number of hydrogen-bond donors (Lipinski definition) is 0. The minimum Gasteiger partial charge on any atom is -0.381 e. The summed E-state index contributed by atoms with van der Waals surface area (Å²) in [6.07, 6.45) is 3.04. The molecule has 4 heteroatoms. The second-order valence-electron chi connectivity index (χ2n) is 6.88. The van der Waals surface area contributed by atoms with Crippen LogP contribution in [0.4, 0.5) is 0 Å². The maximum absolute atomic E-state index is 11.3.